The first kappa shape index (κ1) is 13.1. The minimum Gasteiger partial charge on any atom is -0.392 e. The SMILES string of the molecule is C#CCN(CC(O)CC)C1CCc2ccccc21. The normalized spacial score (nSPS) is 19.6. The van der Waals surface area contributed by atoms with Crippen molar-refractivity contribution in [2.45, 2.75) is 38.3 Å². The fourth-order valence-corrected chi connectivity index (χ4v) is 2.73. The molecule has 1 aliphatic rings. The lowest BCUT2D eigenvalue weighted by Gasteiger charge is -2.29. The van der Waals surface area contributed by atoms with E-state index in [9.17, 15) is 5.11 Å². The first-order valence-electron chi connectivity index (χ1n) is 6.69. The molecule has 1 aliphatic carbocycles. The molecule has 2 heteroatoms. The highest BCUT2D eigenvalue weighted by Crippen LogP contribution is 2.35. The van der Waals surface area contributed by atoms with Crippen LogP contribution in [-0.2, 0) is 6.42 Å². The van der Waals surface area contributed by atoms with E-state index in [0.717, 1.165) is 19.3 Å². The zero-order valence-corrected chi connectivity index (χ0v) is 11.0. The lowest BCUT2D eigenvalue weighted by molar-refractivity contribution is 0.0928. The maximum Gasteiger partial charge on any atom is 0.0665 e. The van der Waals surface area contributed by atoms with Gasteiger partial charge in [0.25, 0.3) is 0 Å². The fourth-order valence-electron chi connectivity index (χ4n) is 2.73. The van der Waals surface area contributed by atoms with Gasteiger partial charge in [0, 0.05) is 12.6 Å². The minimum atomic E-state index is -0.286. The standard InChI is InChI=1S/C16H21NO/c1-3-11-17(12-14(18)4-2)16-10-9-13-7-5-6-8-15(13)16/h1,5-8,14,16,18H,4,9-12H2,2H3. The fraction of sp³-hybridized carbons (Fsp3) is 0.500. The van der Waals surface area contributed by atoms with Gasteiger partial charge in [0.1, 0.15) is 0 Å². The zero-order chi connectivity index (χ0) is 13.0. The maximum atomic E-state index is 9.85. The number of nitrogens with zero attached hydrogens (tertiary/aromatic N) is 1. The summed E-state index contributed by atoms with van der Waals surface area (Å²) < 4.78 is 0. The third-order valence-electron chi connectivity index (χ3n) is 3.75. The van der Waals surface area contributed by atoms with Crippen molar-refractivity contribution in [3.63, 3.8) is 0 Å². The van der Waals surface area contributed by atoms with Crippen LogP contribution in [0.4, 0.5) is 0 Å². The second-order valence-electron chi connectivity index (χ2n) is 4.95. The third-order valence-corrected chi connectivity index (χ3v) is 3.75. The highest BCUT2D eigenvalue weighted by Gasteiger charge is 2.27. The van der Waals surface area contributed by atoms with Crippen molar-refractivity contribution in [3.8, 4) is 12.3 Å². The van der Waals surface area contributed by atoms with E-state index in [2.05, 4.69) is 35.1 Å². The second kappa shape index (κ2) is 6.04. The van der Waals surface area contributed by atoms with Crippen LogP contribution in [0.25, 0.3) is 0 Å². The van der Waals surface area contributed by atoms with E-state index in [-0.39, 0.29) is 6.10 Å². The van der Waals surface area contributed by atoms with Gasteiger partial charge in [-0.1, -0.05) is 37.1 Å². The van der Waals surface area contributed by atoms with E-state index in [0.29, 0.717) is 19.1 Å². The summed E-state index contributed by atoms with van der Waals surface area (Å²) in [6.45, 7) is 3.27. The Bertz CT molecular complexity index is 435. The summed E-state index contributed by atoms with van der Waals surface area (Å²) in [7, 11) is 0. The monoisotopic (exact) mass is 243 g/mol. The quantitative estimate of drug-likeness (QED) is 0.803. The van der Waals surface area contributed by atoms with Gasteiger partial charge in [-0.3, -0.25) is 4.90 Å². The highest BCUT2D eigenvalue weighted by molar-refractivity contribution is 5.34. The van der Waals surface area contributed by atoms with Crippen LogP contribution >= 0.6 is 0 Å². The molecule has 0 radical (unpaired) electrons. The summed E-state index contributed by atoms with van der Waals surface area (Å²) in [6, 6.07) is 8.93. The van der Waals surface area contributed by atoms with Crippen molar-refractivity contribution in [3.05, 3.63) is 35.4 Å². The predicted molar refractivity (Wildman–Crippen MR) is 74.2 cm³/mol. The Labute approximate surface area is 110 Å². The molecule has 0 fully saturated rings. The van der Waals surface area contributed by atoms with Gasteiger partial charge in [0.15, 0.2) is 0 Å². The molecule has 0 amide bonds. The number of aliphatic hydroxyl groups excluding tert-OH is 1. The summed E-state index contributed by atoms with van der Waals surface area (Å²) >= 11 is 0. The van der Waals surface area contributed by atoms with Crippen molar-refractivity contribution < 1.29 is 5.11 Å². The number of benzene rings is 1. The molecular formula is C16H21NO. The first-order chi connectivity index (χ1) is 8.76. The van der Waals surface area contributed by atoms with Gasteiger partial charge in [-0.05, 0) is 30.4 Å². The Hall–Kier alpha value is -1.30. The Balaban J connectivity index is 2.15. The number of terminal acetylenes is 1. The Morgan fingerprint density at radius 2 is 2.28 bits per heavy atom. The minimum absolute atomic E-state index is 0.286. The highest BCUT2D eigenvalue weighted by atomic mass is 16.3. The van der Waals surface area contributed by atoms with Gasteiger partial charge < -0.3 is 5.11 Å². The molecule has 2 rings (SSSR count). The van der Waals surface area contributed by atoms with E-state index in [1.54, 1.807) is 0 Å². The summed E-state index contributed by atoms with van der Waals surface area (Å²) in [4.78, 5) is 2.24. The molecule has 2 unspecified atom stereocenters. The van der Waals surface area contributed by atoms with E-state index in [4.69, 9.17) is 6.42 Å². The Morgan fingerprint density at radius 3 is 3.00 bits per heavy atom. The third kappa shape index (κ3) is 2.75. The van der Waals surface area contributed by atoms with E-state index < -0.39 is 0 Å². The number of hydrogen-bond donors (Lipinski definition) is 1. The summed E-state index contributed by atoms with van der Waals surface area (Å²) in [6.07, 6.45) is 8.17. The molecule has 2 atom stereocenters. The van der Waals surface area contributed by atoms with Gasteiger partial charge in [0.05, 0.1) is 12.6 Å². The lowest BCUT2D eigenvalue weighted by atomic mass is 10.1. The molecule has 1 aromatic carbocycles. The molecule has 0 heterocycles. The summed E-state index contributed by atoms with van der Waals surface area (Å²) in [5, 5.41) is 9.85. The smallest absolute Gasteiger partial charge is 0.0665 e. The first-order valence-corrected chi connectivity index (χ1v) is 6.69. The van der Waals surface area contributed by atoms with Crippen LogP contribution in [0.15, 0.2) is 24.3 Å². The topological polar surface area (TPSA) is 23.5 Å². The van der Waals surface area contributed by atoms with Crippen molar-refractivity contribution in [2.75, 3.05) is 13.1 Å². The molecular weight excluding hydrogens is 222 g/mol. The average Bonchev–Trinajstić information content (AvgIpc) is 2.82. The van der Waals surface area contributed by atoms with Gasteiger partial charge in [0.2, 0.25) is 0 Å². The van der Waals surface area contributed by atoms with Crippen LogP contribution < -0.4 is 0 Å². The van der Waals surface area contributed by atoms with Crippen LogP contribution in [0.3, 0.4) is 0 Å². The molecule has 0 aromatic heterocycles. The van der Waals surface area contributed by atoms with Gasteiger partial charge in [-0.2, -0.15) is 0 Å². The van der Waals surface area contributed by atoms with Crippen molar-refractivity contribution >= 4 is 0 Å². The Kier molecular flexibility index (Phi) is 4.41. The zero-order valence-electron chi connectivity index (χ0n) is 11.0. The van der Waals surface area contributed by atoms with Crippen molar-refractivity contribution in [1.82, 2.24) is 4.90 Å². The van der Waals surface area contributed by atoms with Crippen LogP contribution in [0, 0.1) is 12.3 Å². The summed E-state index contributed by atoms with van der Waals surface area (Å²) in [5.41, 5.74) is 2.81. The lowest BCUT2D eigenvalue weighted by Crippen LogP contribution is -2.35. The largest absolute Gasteiger partial charge is 0.392 e. The van der Waals surface area contributed by atoms with Crippen LogP contribution in [0.1, 0.15) is 36.9 Å². The molecule has 2 nitrogen and oxygen atoms in total. The second-order valence-corrected chi connectivity index (χ2v) is 4.95. The molecule has 0 spiro atoms. The van der Waals surface area contributed by atoms with Crippen LogP contribution in [-0.4, -0.2) is 29.2 Å². The average molecular weight is 243 g/mol. The molecule has 1 N–H and O–H groups in total. The number of hydrogen-bond acceptors (Lipinski definition) is 2. The van der Waals surface area contributed by atoms with Gasteiger partial charge in [-0.25, -0.2) is 0 Å². The number of fused-ring (bicyclic) bond motifs is 1. The van der Waals surface area contributed by atoms with E-state index >= 15 is 0 Å². The maximum absolute atomic E-state index is 9.85. The van der Waals surface area contributed by atoms with E-state index in [1.165, 1.54) is 11.1 Å². The van der Waals surface area contributed by atoms with Crippen molar-refractivity contribution in [1.29, 1.82) is 0 Å². The molecule has 0 saturated heterocycles. The molecule has 0 aliphatic heterocycles. The molecule has 96 valence electrons. The molecule has 18 heavy (non-hydrogen) atoms. The number of aryl methyl sites for hydroxylation is 1. The summed E-state index contributed by atoms with van der Waals surface area (Å²) in [5.74, 6) is 2.72. The van der Waals surface area contributed by atoms with Gasteiger partial charge in [-0.15, -0.1) is 6.42 Å². The Morgan fingerprint density at radius 1 is 1.50 bits per heavy atom. The number of aliphatic hydroxyl groups is 1. The van der Waals surface area contributed by atoms with Crippen LogP contribution in [0.5, 0.6) is 0 Å². The molecule has 0 saturated carbocycles. The van der Waals surface area contributed by atoms with Crippen LogP contribution in [0.2, 0.25) is 0 Å². The van der Waals surface area contributed by atoms with Gasteiger partial charge >= 0.3 is 0 Å². The predicted octanol–water partition coefficient (Wildman–Crippen LogP) is 2.38. The number of rotatable bonds is 5. The molecule has 0 bridgehead atoms. The van der Waals surface area contributed by atoms with E-state index in [1.807, 2.05) is 6.92 Å². The van der Waals surface area contributed by atoms with Crippen molar-refractivity contribution in [2.24, 2.45) is 0 Å². The molecule has 1 aromatic rings.